The Labute approximate surface area is 82.8 Å². The molecule has 0 heterocycles. The first-order chi connectivity index (χ1) is 6.22. The third kappa shape index (κ3) is 7.03. The van der Waals surface area contributed by atoms with E-state index in [4.69, 9.17) is 10.5 Å². The Hall–Kier alpha value is -0.0800. The van der Waals surface area contributed by atoms with Crippen molar-refractivity contribution in [1.82, 2.24) is 0 Å². The van der Waals surface area contributed by atoms with Crippen LogP contribution in [-0.4, -0.2) is 19.3 Å². The standard InChI is InChI=1S/C11H25NO/c1-4-6-7-8-13-9-11(12)10(3)5-2/h10-11H,4-9,12H2,1-3H3. The first-order valence-corrected chi connectivity index (χ1v) is 5.55. The second-order valence-electron chi connectivity index (χ2n) is 3.83. The molecule has 0 spiro atoms. The maximum absolute atomic E-state index is 5.92. The molecule has 0 aliphatic carbocycles. The van der Waals surface area contributed by atoms with Crippen molar-refractivity contribution in [3.63, 3.8) is 0 Å². The minimum absolute atomic E-state index is 0.214. The second-order valence-corrected chi connectivity index (χ2v) is 3.83. The van der Waals surface area contributed by atoms with Gasteiger partial charge in [0.1, 0.15) is 0 Å². The molecule has 0 rings (SSSR count). The highest BCUT2D eigenvalue weighted by Gasteiger charge is 2.09. The zero-order valence-electron chi connectivity index (χ0n) is 9.38. The molecule has 0 aromatic carbocycles. The molecule has 13 heavy (non-hydrogen) atoms. The molecule has 2 N–H and O–H groups in total. The third-order valence-corrected chi connectivity index (χ3v) is 2.58. The van der Waals surface area contributed by atoms with E-state index in [1.807, 2.05) is 0 Å². The summed E-state index contributed by atoms with van der Waals surface area (Å²) in [7, 11) is 0. The average molecular weight is 187 g/mol. The minimum atomic E-state index is 0.214. The molecule has 80 valence electrons. The van der Waals surface area contributed by atoms with Crippen molar-refractivity contribution in [2.75, 3.05) is 13.2 Å². The topological polar surface area (TPSA) is 35.2 Å². The highest BCUT2D eigenvalue weighted by Crippen LogP contribution is 2.05. The molecule has 2 heteroatoms. The first-order valence-electron chi connectivity index (χ1n) is 5.55. The summed E-state index contributed by atoms with van der Waals surface area (Å²) < 4.78 is 5.50. The number of nitrogens with two attached hydrogens (primary N) is 1. The molecule has 0 saturated heterocycles. The van der Waals surface area contributed by atoms with Gasteiger partial charge >= 0.3 is 0 Å². The van der Waals surface area contributed by atoms with Gasteiger partial charge in [-0.15, -0.1) is 0 Å². The van der Waals surface area contributed by atoms with E-state index in [1.165, 1.54) is 19.3 Å². The van der Waals surface area contributed by atoms with E-state index in [0.717, 1.165) is 19.6 Å². The quantitative estimate of drug-likeness (QED) is 0.593. The maximum Gasteiger partial charge on any atom is 0.0620 e. The molecule has 0 bridgehead atoms. The molecule has 2 unspecified atom stereocenters. The SMILES string of the molecule is CCCCCOCC(N)C(C)CC. The lowest BCUT2D eigenvalue weighted by Gasteiger charge is -2.17. The van der Waals surface area contributed by atoms with Crippen LogP contribution >= 0.6 is 0 Å². The van der Waals surface area contributed by atoms with E-state index in [9.17, 15) is 0 Å². The van der Waals surface area contributed by atoms with Crippen molar-refractivity contribution in [3.8, 4) is 0 Å². The largest absolute Gasteiger partial charge is 0.380 e. The molecular weight excluding hydrogens is 162 g/mol. The Morgan fingerprint density at radius 1 is 1.23 bits per heavy atom. The van der Waals surface area contributed by atoms with Crippen LogP contribution in [0.2, 0.25) is 0 Å². The van der Waals surface area contributed by atoms with Gasteiger partial charge in [-0.3, -0.25) is 0 Å². The summed E-state index contributed by atoms with van der Waals surface area (Å²) in [6, 6.07) is 0.214. The van der Waals surface area contributed by atoms with Crippen LogP contribution in [0.15, 0.2) is 0 Å². The second kappa shape index (κ2) is 8.52. The number of unbranched alkanes of at least 4 members (excludes halogenated alkanes) is 2. The average Bonchev–Trinajstić information content (AvgIpc) is 2.16. The van der Waals surface area contributed by atoms with Gasteiger partial charge in [0.2, 0.25) is 0 Å². The fourth-order valence-corrected chi connectivity index (χ4v) is 1.14. The molecule has 0 radical (unpaired) electrons. The van der Waals surface area contributed by atoms with Crippen LogP contribution in [-0.2, 0) is 4.74 Å². The van der Waals surface area contributed by atoms with Crippen LogP contribution in [0.4, 0.5) is 0 Å². The van der Waals surface area contributed by atoms with Gasteiger partial charge in [-0.2, -0.15) is 0 Å². The van der Waals surface area contributed by atoms with Crippen LogP contribution in [0.5, 0.6) is 0 Å². The predicted octanol–water partition coefficient (Wildman–Crippen LogP) is 2.57. The smallest absolute Gasteiger partial charge is 0.0620 e. The van der Waals surface area contributed by atoms with Crippen molar-refractivity contribution in [2.24, 2.45) is 11.7 Å². The van der Waals surface area contributed by atoms with Crippen LogP contribution < -0.4 is 5.73 Å². The molecule has 0 fully saturated rings. The number of hydrogen-bond acceptors (Lipinski definition) is 2. The lowest BCUT2D eigenvalue weighted by Crippen LogP contribution is -2.33. The highest BCUT2D eigenvalue weighted by molar-refractivity contribution is 4.66. The third-order valence-electron chi connectivity index (χ3n) is 2.58. The van der Waals surface area contributed by atoms with Gasteiger partial charge < -0.3 is 10.5 Å². The van der Waals surface area contributed by atoms with Gasteiger partial charge in [0.05, 0.1) is 6.61 Å². The van der Waals surface area contributed by atoms with Crippen LogP contribution in [0.3, 0.4) is 0 Å². The fourth-order valence-electron chi connectivity index (χ4n) is 1.14. The summed E-state index contributed by atoms with van der Waals surface area (Å²) in [6.07, 6.45) is 4.82. The zero-order valence-corrected chi connectivity index (χ0v) is 9.38. The van der Waals surface area contributed by atoms with Gasteiger partial charge in [0, 0.05) is 12.6 Å². The van der Waals surface area contributed by atoms with Gasteiger partial charge in [-0.1, -0.05) is 40.0 Å². The molecular formula is C11H25NO. The van der Waals surface area contributed by atoms with Crippen molar-refractivity contribution in [2.45, 2.75) is 52.5 Å². The summed E-state index contributed by atoms with van der Waals surface area (Å²) >= 11 is 0. The van der Waals surface area contributed by atoms with Gasteiger partial charge in [-0.05, 0) is 12.3 Å². The lowest BCUT2D eigenvalue weighted by atomic mass is 10.0. The van der Waals surface area contributed by atoms with E-state index in [-0.39, 0.29) is 6.04 Å². The fraction of sp³-hybridized carbons (Fsp3) is 1.00. The van der Waals surface area contributed by atoms with Crippen LogP contribution in [0.25, 0.3) is 0 Å². The Morgan fingerprint density at radius 2 is 1.92 bits per heavy atom. The van der Waals surface area contributed by atoms with Crippen molar-refractivity contribution in [3.05, 3.63) is 0 Å². The summed E-state index contributed by atoms with van der Waals surface area (Å²) in [5.41, 5.74) is 5.92. The van der Waals surface area contributed by atoms with Gasteiger partial charge in [-0.25, -0.2) is 0 Å². The molecule has 0 amide bonds. The number of rotatable bonds is 8. The Kier molecular flexibility index (Phi) is 8.46. The van der Waals surface area contributed by atoms with Crippen molar-refractivity contribution >= 4 is 0 Å². The molecule has 0 aromatic rings. The molecule has 0 aliphatic rings. The minimum Gasteiger partial charge on any atom is -0.380 e. The van der Waals surface area contributed by atoms with Crippen LogP contribution in [0, 0.1) is 5.92 Å². The Bertz CT molecular complexity index is 106. The summed E-state index contributed by atoms with van der Waals surface area (Å²) in [6.45, 7) is 8.14. The van der Waals surface area contributed by atoms with E-state index in [1.54, 1.807) is 0 Å². The highest BCUT2D eigenvalue weighted by atomic mass is 16.5. The van der Waals surface area contributed by atoms with Crippen molar-refractivity contribution < 1.29 is 4.74 Å². The monoisotopic (exact) mass is 187 g/mol. The van der Waals surface area contributed by atoms with Gasteiger partial charge in [0.15, 0.2) is 0 Å². The summed E-state index contributed by atoms with van der Waals surface area (Å²) in [4.78, 5) is 0. The Morgan fingerprint density at radius 3 is 2.46 bits per heavy atom. The van der Waals surface area contributed by atoms with E-state index < -0.39 is 0 Å². The van der Waals surface area contributed by atoms with E-state index in [2.05, 4.69) is 20.8 Å². The van der Waals surface area contributed by atoms with E-state index in [0.29, 0.717) is 5.92 Å². The van der Waals surface area contributed by atoms with Crippen LogP contribution in [0.1, 0.15) is 46.5 Å². The molecule has 0 aliphatic heterocycles. The number of hydrogen-bond donors (Lipinski definition) is 1. The Balaban J connectivity index is 3.21. The normalized spacial score (nSPS) is 15.7. The predicted molar refractivity (Wildman–Crippen MR) is 57.8 cm³/mol. The zero-order chi connectivity index (χ0) is 10.1. The lowest BCUT2D eigenvalue weighted by molar-refractivity contribution is 0.104. The summed E-state index contributed by atoms with van der Waals surface area (Å²) in [5.74, 6) is 0.575. The molecule has 2 nitrogen and oxygen atoms in total. The number of ether oxygens (including phenoxy) is 1. The van der Waals surface area contributed by atoms with E-state index >= 15 is 0 Å². The first kappa shape index (κ1) is 12.9. The molecule has 2 atom stereocenters. The molecule has 0 aromatic heterocycles. The van der Waals surface area contributed by atoms with Gasteiger partial charge in [0.25, 0.3) is 0 Å². The maximum atomic E-state index is 5.92. The molecule has 0 saturated carbocycles. The van der Waals surface area contributed by atoms with Crippen molar-refractivity contribution in [1.29, 1.82) is 0 Å². The summed E-state index contributed by atoms with van der Waals surface area (Å²) in [5, 5.41) is 0.